The molecule has 2 nitrogen and oxygen atoms in total. The van der Waals surface area contributed by atoms with Gasteiger partial charge in [0.25, 0.3) is 0 Å². The summed E-state index contributed by atoms with van der Waals surface area (Å²) < 4.78 is 0. The van der Waals surface area contributed by atoms with E-state index in [2.05, 4.69) is 19.2 Å². The van der Waals surface area contributed by atoms with Crippen LogP contribution in [0.4, 0.5) is 0 Å². The van der Waals surface area contributed by atoms with E-state index < -0.39 is 0 Å². The van der Waals surface area contributed by atoms with Gasteiger partial charge in [0.1, 0.15) is 0 Å². The van der Waals surface area contributed by atoms with E-state index in [1.54, 1.807) is 0 Å². The summed E-state index contributed by atoms with van der Waals surface area (Å²) in [6.07, 6.45) is 7.99. The van der Waals surface area contributed by atoms with Gasteiger partial charge in [0.2, 0.25) is 0 Å². The van der Waals surface area contributed by atoms with Gasteiger partial charge in [-0.05, 0) is 45.2 Å². The van der Waals surface area contributed by atoms with Crippen LogP contribution in [0.15, 0.2) is 0 Å². The van der Waals surface area contributed by atoms with E-state index >= 15 is 0 Å². The molecule has 0 radical (unpaired) electrons. The van der Waals surface area contributed by atoms with Crippen LogP contribution in [-0.4, -0.2) is 18.6 Å². The van der Waals surface area contributed by atoms with Crippen molar-refractivity contribution in [2.45, 2.75) is 57.9 Å². The van der Waals surface area contributed by atoms with Gasteiger partial charge in [-0.25, -0.2) is 0 Å². The van der Waals surface area contributed by atoms with Gasteiger partial charge in [0.05, 0.1) is 0 Å². The van der Waals surface area contributed by atoms with Crippen LogP contribution in [-0.2, 0) is 0 Å². The molecule has 2 heteroatoms. The van der Waals surface area contributed by atoms with Crippen molar-refractivity contribution in [3.05, 3.63) is 0 Å². The highest BCUT2D eigenvalue weighted by Crippen LogP contribution is 2.28. The van der Waals surface area contributed by atoms with Gasteiger partial charge < -0.3 is 11.1 Å². The highest BCUT2D eigenvalue weighted by molar-refractivity contribution is 4.88. The molecule has 3 N–H and O–H groups in total. The Hall–Kier alpha value is -0.0800. The van der Waals surface area contributed by atoms with Crippen molar-refractivity contribution < 1.29 is 0 Å². The van der Waals surface area contributed by atoms with Crippen molar-refractivity contribution in [3.63, 3.8) is 0 Å². The van der Waals surface area contributed by atoms with E-state index in [1.165, 1.54) is 38.5 Å². The second kappa shape index (κ2) is 5.72. The van der Waals surface area contributed by atoms with Crippen molar-refractivity contribution >= 4 is 0 Å². The van der Waals surface area contributed by atoms with Crippen molar-refractivity contribution in [2.75, 3.05) is 13.1 Å². The molecule has 1 fully saturated rings. The lowest BCUT2D eigenvalue weighted by molar-refractivity contribution is 0.322. The Kier molecular flexibility index (Phi) is 4.90. The van der Waals surface area contributed by atoms with Gasteiger partial charge in [0, 0.05) is 5.54 Å². The van der Waals surface area contributed by atoms with Gasteiger partial charge in [-0.2, -0.15) is 0 Å². The molecule has 0 spiro atoms. The Balaban J connectivity index is 2.23. The molecular weight excluding hydrogens is 172 g/mol. The molecule has 0 aliphatic heterocycles. The fourth-order valence-electron chi connectivity index (χ4n) is 2.43. The molecule has 0 aromatic rings. The van der Waals surface area contributed by atoms with Crippen molar-refractivity contribution in [1.82, 2.24) is 5.32 Å². The van der Waals surface area contributed by atoms with E-state index in [0.29, 0.717) is 11.5 Å². The minimum Gasteiger partial charge on any atom is -0.330 e. The molecule has 1 aliphatic rings. The average molecular weight is 198 g/mol. The number of hydrogen-bond donors (Lipinski definition) is 2. The standard InChI is InChI=1S/C12H26N2/c1-3-6-11(9-13)10-14-12(2)7-4-5-8-12/h11,14H,3-10,13H2,1-2H3. The zero-order chi connectivity index (χ0) is 10.4. The van der Waals surface area contributed by atoms with Gasteiger partial charge in [-0.1, -0.05) is 26.2 Å². The zero-order valence-electron chi connectivity index (χ0n) is 9.81. The van der Waals surface area contributed by atoms with Crippen molar-refractivity contribution in [1.29, 1.82) is 0 Å². The van der Waals surface area contributed by atoms with Crippen LogP contribution in [0, 0.1) is 5.92 Å². The van der Waals surface area contributed by atoms with Gasteiger partial charge in [0.15, 0.2) is 0 Å². The molecule has 1 unspecified atom stereocenters. The Labute approximate surface area is 88.6 Å². The first-order valence-electron chi connectivity index (χ1n) is 6.15. The summed E-state index contributed by atoms with van der Waals surface area (Å²) in [5, 5.41) is 3.71. The molecule has 84 valence electrons. The minimum absolute atomic E-state index is 0.418. The molecule has 1 rings (SSSR count). The smallest absolute Gasteiger partial charge is 0.0153 e. The Bertz CT molecular complexity index is 150. The molecule has 0 amide bonds. The Morgan fingerprint density at radius 3 is 2.50 bits per heavy atom. The molecule has 0 aromatic carbocycles. The van der Waals surface area contributed by atoms with Gasteiger partial charge >= 0.3 is 0 Å². The van der Waals surface area contributed by atoms with E-state index in [-0.39, 0.29) is 0 Å². The van der Waals surface area contributed by atoms with Crippen LogP contribution in [0.3, 0.4) is 0 Å². The van der Waals surface area contributed by atoms with Crippen LogP contribution in [0.5, 0.6) is 0 Å². The second-order valence-corrected chi connectivity index (χ2v) is 5.04. The van der Waals surface area contributed by atoms with Crippen molar-refractivity contribution in [3.8, 4) is 0 Å². The first-order chi connectivity index (χ1) is 6.70. The lowest BCUT2D eigenvalue weighted by atomic mass is 9.97. The second-order valence-electron chi connectivity index (χ2n) is 5.04. The number of nitrogens with two attached hydrogens (primary N) is 1. The number of hydrogen-bond acceptors (Lipinski definition) is 2. The maximum Gasteiger partial charge on any atom is 0.0153 e. The zero-order valence-corrected chi connectivity index (χ0v) is 9.81. The molecule has 1 atom stereocenters. The van der Waals surface area contributed by atoms with Gasteiger partial charge in [-0.15, -0.1) is 0 Å². The summed E-state index contributed by atoms with van der Waals surface area (Å²) in [6, 6.07) is 0. The molecule has 0 heterocycles. The molecule has 14 heavy (non-hydrogen) atoms. The first-order valence-corrected chi connectivity index (χ1v) is 6.15. The van der Waals surface area contributed by atoms with Crippen LogP contribution >= 0.6 is 0 Å². The fourth-order valence-corrected chi connectivity index (χ4v) is 2.43. The molecule has 0 saturated heterocycles. The van der Waals surface area contributed by atoms with Crippen LogP contribution < -0.4 is 11.1 Å². The molecule has 1 aliphatic carbocycles. The minimum atomic E-state index is 0.418. The molecule has 1 saturated carbocycles. The fraction of sp³-hybridized carbons (Fsp3) is 1.00. The van der Waals surface area contributed by atoms with E-state index in [9.17, 15) is 0 Å². The lowest BCUT2D eigenvalue weighted by Gasteiger charge is -2.28. The molecule has 0 bridgehead atoms. The quantitative estimate of drug-likeness (QED) is 0.687. The summed E-state index contributed by atoms with van der Waals surface area (Å²) in [4.78, 5) is 0. The van der Waals surface area contributed by atoms with E-state index in [4.69, 9.17) is 5.73 Å². The number of nitrogens with one attached hydrogen (secondary N) is 1. The maximum atomic E-state index is 5.75. The third kappa shape index (κ3) is 3.58. The Morgan fingerprint density at radius 2 is 2.00 bits per heavy atom. The summed E-state index contributed by atoms with van der Waals surface area (Å²) in [5.41, 5.74) is 6.16. The summed E-state index contributed by atoms with van der Waals surface area (Å²) in [7, 11) is 0. The van der Waals surface area contributed by atoms with Crippen molar-refractivity contribution in [2.24, 2.45) is 11.7 Å². The number of rotatable bonds is 6. The van der Waals surface area contributed by atoms with Crippen LogP contribution in [0.1, 0.15) is 52.4 Å². The monoisotopic (exact) mass is 198 g/mol. The Morgan fingerprint density at radius 1 is 1.36 bits per heavy atom. The molecule has 0 aromatic heterocycles. The normalized spacial score (nSPS) is 22.5. The van der Waals surface area contributed by atoms with Gasteiger partial charge in [-0.3, -0.25) is 0 Å². The SMILES string of the molecule is CCCC(CN)CNC1(C)CCCC1. The largest absolute Gasteiger partial charge is 0.330 e. The lowest BCUT2D eigenvalue weighted by Crippen LogP contribution is -2.43. The maximum absolute atomic E-state index is 5.75. The topological polar surface area (TPSA) is 38.0 Å². The van der Waals surface area contributed by atoms with Crippen LogP contribution in [0.25, 0.3) is 0 Å². The average Bonchev–Trinajstić information content (AvgIpc) is 2.60. The molecular formula is C12H26N2. The van der Waals surface area contributed by atoms with Crippen LogP contribution in [0.2, 0.25) is 0 Å². The first kappa shape index (κ1) is 12.0. The highest BCUT2D eigenvalue weighted by Gasteiger charge is 2.28. The predicted octanol–water partition coefficient (Wildman–Crippen LogP) is 2.28. The predicted molar refractivity (Wildman–Crippen MR) is 62.3 cm³/mol. The summed E-state index contributed by atoms with van der Waals surface area (Å²) in [5.74, 6) is 0.678. The summed E-state index contributed by atoms with van der Waals surface area (Å²) in [6.45, 7) is 6.54. The third-order valence-electron chi connectivity index (χ3n) is 3.55. The summed E-state index contributed by atoms with van der Waals surface area (Å²) >= 11 is 0. The van der Waals surface area contributed by atoms with E-state index in [1.807, 2.05) is 0 Å². The van der Waals surface area contributed by atoms with E-state index in [0.717, 1.165) is 13.1 Å². The third-order valence-corrected chi connectivity index (χ3v) is 3.55. The highest BCUT2D eigenvalue weighted by atomic mass is 15.0.